The van der Waals surface area contributed by atoms with Crippen molar-refractivity contribution in [1.29, 1.82) is 0 Å². The van der Waals surface area contributed by atoms with Crippen LogP contribution in [0, 0.1) is 3.80 Å². The first-order valence-corrected chi connectivity index (χ1v) is 24.0. The molecule has 0 amide bonds. The zero-order chi connectivity index (χ0) is 45.1. The van der Waals surface area contributed by atoms with Gasteiger partial charge in [0, 0.05) is 11.3 Å². The van der Waals surface area contributed by atoms with E-state index in [0.717, 1.165) is 65.7 Å². The molecule has 6 nitrogen and oxygen atoms in total. The second kappa shape index (κ2) is 16.6. The van der Waals surface area contributed by atoms with E-state index in [1.54, 1.807) is 0 Å². The van der Waals surface area contributed by atoms with Gasteiger partial charge in [-0.05, 0) is 17.7 Å². The average Bonchev–Trinajstić information content (AvgIpc) is 3.91. The maximum atomic E-state index is 6.76. The Morgan fingerprint density at radius 2 is 0.956 bits per heavy atom. The van der Waals surface area contributed by atoms with E-state index in [-0.39, 0.29) is 6.98 Å². The first-order chi connectivity index (χ1) is 33.7. The molecule has 0 atom stereocenters. The molecule has 324 valence electrons. The number of fused-ring (bicyclic) bond motifs is 9. The average molecular weight is 1050 g/mol. The third-order valence-electron chi connectivity index (χ3n) is 13.2. The van der Waals surface area contributed by atoms with Gasteiger partial charge in [0.15, 0.2) is 0 Å². The van der Waals surface area contributed by atoms with Crippen molar-refractivity contribution in [3.63, 3.8) is 0 Å². The number of pyridine rings is 1. The first-order valence-electron chi connectivity index (χ1n) is 22.8. The number of para-hydroxylation sites is 6. The third kappa shape index (κ3) is 6.61. The van der Waals surface area contributed by atoms with E-state index in [2.05, 4.69) is 263 Å². The summed E-state index contributed by atoms with van der Waals surface area (Å²) in [5.41, 5.74) is 18.3. The molecule has 68 heavy (non-hydrogen) atoms. The van der Waals surface area contributed by atoms with E-state index in [1.165, 1.54) is 33.4 Å². The summed E-state index contributed by atoms with van der Waals surface area (Å²) < 4.78 is 12.5. The van der Waals surface area contributed by atoms with Gasteiger partial charge in [0.05, 0.1) is 0 Å². The van der Waals surface area contributed by atoms with Crippen LogP contribution in [0.5, 0.6) is 11.6 Å². The normalized spacial score (nSPS) is 12.4. The van der Waals surface area contributed by atoms with Gasteiger partial charge < -0.3 is 0 Å². The summed E-state index contributed by atoms with van der Waals surface area (Å²) in [6.07, 6.45) is 0. The molecule has 11 aromatic rings. The number of hydrogen-bond acceptors (Lipinski definition) is 4. The second-order valence-corrected chi connectivity index (χ2v) is 18.1. The molecule has 0 N–H and O–H groups in total. The number of anilines is 4. The van der Waals surface area contributed by atoms with E-state index >= 15 is 0 Å². The first kappa shape index (κ1) is 40.1. The fourth-order valence-corrected chi connectivity index (χ4v) is 11.3. The number of benzene rings is 9. The van der Waals surface area contributed by atoms with Gasteiger partial charge in [0.2, 0.25) is 0 Å². The monoisotopic (exact) mass is 1050 g/mol. The number of rotatable bonds is 8. The molecule has 0 saturated heterocycles. The van der Waals surface area contributed by atoms with Crippen LogP contribution in [0.25, 0.3) is 66.9 Å². The molecule has 4 heterocycles. The van der Waals surface area contributed by atoms with Crippen LogP contribution in [0.1, 0.15) is 0 Å². The fourth-order valence-electron chi connectivity index (χ4n) is 10.3. The Labute approximate surface area is 405 Å². The van der Waals surface area contributed by atoms with Crippen LogP contribution in [-0.4, -0.2) is 21.1 Å². The molecule has 0 radical (unpaired) electrons. The molecule has 0 spiro atoms. The Balaban J connectivity index is 0.909. The molecule has 13 rings (SSSR count). The predicted molar refractivity (Wildman–Crippen MR) is 274 cm³/mol. The quantitative estimate of drug-likeness (QED) is 0.142. The van der Waals surface area contributed by atoms with Crippen LogP contribution >= 0.6 is 0 Å². The number of imidazole rings is 1. The van der Waals surface area contributed by atoms with Crippen molar-refractivity contribution in [2.45, 2.75) is 0 Å². The van der Waals surface area contributed by atoms with Crippen molar-refractivity contribution in [1.82, 2.24) is 14.1 Å². The van der Waals surface area contributed by atoms with Gasteiger partial charge in [-0.15, -0.1) is 0 Å². The third-order valence-corrected chi connectivity index (χ3v) is 14.2. The van der Waals surface area contributed by atoms with Crippen molar-refractivity contribution in [2.24, 2.45) is 0 Å². The van der Waals surface area contributed by atoms with E-state index in [0.29, 0.717) is 11.6 Å². The molecule has 0 aliphatic carbocycles. The molecular weight excluding hydrogens is 1010 g/mol. The van der Waals surface area contributed by atoms with Gasteiger partial charge in [-0.2, -0.15) is 0 Å². The topological polar surface area (TPSA) is 38.5 Å². The minimum atomic E-state index is -0.124. The van der Waals surface area contributed by atoms with Crippen molar-refractivity contribution in [3.05, 3.63) is 246 Å². The zero-order valence-electron chi connectivity index (χ0n) is 36.6. The van der Waals surface area contributed by atoms with E-state index in [4.69, 9.17) is 9.72 Å². The molecule has 8 heteroatoms. The van der Waals surface area contributed by atoms with E-state index in [9.17, 15) is 0 Å². The maximum absolute atomic E-state index is 6.76. The van der Waals surface area contributed by atoms with E-state index in [1.807, 2.05) is 18.2 Å². The van der Waals surface area contributed by atoms with Crippen LogP contribution in [-0.2, 0) is 19.4 Å². The van der Waals surface area contributed by atoms with Crippen LogP contribution in [0.2, 0.25) is 0 Å². The van der Waals surface area contributed by atoms with Crippen LogP contribution < -0.4 is 19.8 Å². The van der Waals surface area contributed by atoms with Gasteiger partial charge in [-0.3, -0.25) is 0 Å². The number of aromatic nitrogens is 3. The Hall–Kier alpha value is -8.25. The number of hydrogen-bond donors (Lipinski definition) is 0. The Bertz CT molecular complexity index is 3790. The van der Waals surface area contributed by atoms with Crippen molar-refractivity contribution < 1.29 is 24.1 Å². The number of ether oxygens (including phenoxy) is 1. The number of nitrogens with zero attached hydrogens (tertiary/aromatic N) is 5. The SMILES string of the molecule is [Pt]=[c]1n(-c2cccc(Oc3cccc(N4B5c6ccccc6-c6ccccc6N5c5ccccc54)n3)c2)c2ccccc2n1-c1c(-c2ccccc2)cccc1-c1cccc(-c2ccccc2)c1. The molecule has 0 unspecified atom stereocenters. The van der Waals surface area contributed by atoms with Crippen LogP contribution in [0.15, 0.2) is 243 Å². The second-order valence-electron chi connectivity index (χ2n) is 17.1. The molecule has 2 aliphatic rings. The standard InChI is InChI=1S/C60H40BN5O.Pt/c1-3-19-42(20-4-1)44-23-15-24-45(39-44)49-30-17-29-48(43-21-5-2-6-22-43)60(49)64-41-63(54-33-11-12-34-55(54)64)46-25-16-26-47(40-46)67-59-38-18-37-58(62-59)66-57-36-14-13-35-56(57)65-53-32-10-8-28-51(53)50-27-7-9-31-52(50)61(65)66;/h1-40H;. The minimum absolute atomic E-state index is 0.124. The van der Waals surface area contributed by atoms with Crippen LogP contribution in [0.4, 0.5) is 22.9 Å². The van der Waals surface area contributed by atoms with Gasteiger partial charge in [0.1, 0.15) is 0 Å². The Morgan fingerprint density at radius 1 is 0.397 bits per heavy atom. The predicted octanol–water partition coefficient (Wildman–Crippen LogP) is 14.4. The van der Waals surface area contributed by atoms with Gasteiger partial charge in [-0.25, -0.2) is 0 Å². The summed E-state index contributed by atoms with van der Waals surface area (Å²) >= 11 is 2.51. The summed E-state index contributed by atoms with van der Waals surface area (Å²) in [6.45, 7) is -0.124. The summed E-state index contributed by atoms with van der Waals surface area (Å²) in [6, 6.07) is 86.0. The molecule has 0 fully saturated rings. The van der Waals surface area contributed by atoms with Gasteiger partial charge in [0.25, 0.3) is 0 Å². The van der Waals surface area contributed by atoms with Gasteiger partial charge in [-0.1, -0.05) is 54.6 Å². The summed E-state index contributed by atoms with van der Waals surface area (Å²) in [5.74, 6) is 2.01. The fraction of sp³-hybridized carbons (Fsp3) is 0. The zero-order valence-corrected chi connectivity index (χ0v) is 38.9. The van der Waals surface area contributed by atoms with E-state index < -0.39 is 0 Å². The summed E-state index contributed by atoms with van der Waals surface area (Å²) in [5, 5.41) is 0. The molecule has 9 aromatic carbocycles. The Kier molecular flexibility index (Phi) is 9.76. The summed E-state index contributed by atoms with van der Waals surface area (Å²) in [4.78, 5) is 10.0. The molecule has 0 saturated carbocycles. The Morgan fingerprint density at radius 3 is 1.75 bits per heavy atom. The van der Waals surface area contributed by atoms with Crippen molar-refractivity contribution in [2.75, 3.05) is 9.62 Å². The molecule has 2 aliphatic heterocycles. The van der Waals surface area contributed by atoms with Crippen LogP contribution in [0.3, 0.4) is 0 Å². The molecule has 0 bridgehead atoms. The molecule has 2 aromatic heterocycles. The summed E-state index contributed by atoms with van der Waals surface area (Å²) in [7, 11) is 0. The van der Waals surface area contributed by atoms with Crippen molar-refractivity contribution >= 4 is 46.4 Å². The van der Waals surface area contributed by atoms with Gasteiger partial charge >= 0.3 is 325 Å². The molecular formula is C60H40BN5OPt. The van der Waals surface area contributed by atoms with Crippen molar-refractivity contribution in [3.8, 4) is 67.5 Å².